The zero-order valence-corrected chi connectivity index (χ0v) is 52.8. The maximum atomic E-state index is 14.3. The topological polar surface area (TPSA) is 338 Å². The summed E-state index contributed by atoms with van der Waals surface area (Å²) in [6.45, 7) is 11.2. The number of hydrogen-bond acceptors (Lipinski definition) is 23. The number of carbonyl (C=O) groups is 8. The number of fused-ring (bicyclic) bond motifs is 12. The molecule has 1 aliphatic heterocycles. The molecule has 0 aliphatic carbocycles. The van der Waals surface area contributed by atoms with Gasteiger partial charge >= 0.3 is 12.1 Å². The predicted molar refractivity (Wildman–Crippen MR) is 332 cm³/mol. The van der Waals surface area contributed by atoms with Crippen molar-refractivity contribution in [3.05, 3.63) is 102 Å². The van der Waals surface area contributed by atoms with Crippen LogP contribution in [0.25, 0.3) is 43.4 Å². The Balaban J connectivity index is 1.17. The van der Waals surface area contributed by atoms with Gasteiger partial charge in [-0.1, -0.05) is 41.7 Å². The van der Waals surface area contributed by atoms with Gasteiger partial charge in [0.25, 0.3) is 17.7 Å². The molecule has 8 rings (SSSR count). The molecule has 0 fully saturated rings. The van der Waals surface area contributed by atoms with Crippen LogP contribution in [0.5, 0.6) is 0 Å². The van der Waals surface area contributed by atoms with Gasteiger partial charge in [0, 0.05) is 66.8 Å². The van der Waals surface area contributed by atoms with Crippen LogP contribution in [0, 0.1) is 0 Å². The summed E-state index contributed by atoms with van der Waals surface area (Å²) in [4.78, 5) is 141. The number of aromatic nitrogens is 6. The summed E-state index contributed by atoms with van der Waals surface area (Å²) in [7, 11) is 2.87. The molecule has 0 saturated heterocycles. The van der Waals surface area contributed by atoms with Crippen molar-refractivity contribution in [1.29, 1.82) is 0 Å². The Hall–Kier alpha value is -8.55. The largest absolute Gasteiger partial charge is 0.455 e. The number of nitrogens with zero attached hydrogens (tertiary/aromatic N) is 7. The minimum absolute atomic E-state index is 0.00123. The summed E-state index contributed by atoms with van der Waals surface area (Å²) in [5.41, 5.74) is 2.46. The third-order valence-electron chi connectivity index (χ3n) is 12.4. The Morgan fingerprint density at radius 2 is 1.46 bits per heavy atom. The SMILES string of the molecule is CNC(=O)C[C@@H]1NC(=O)c2csc(n2)-c2ccc(-c3nc(NC(=O)CCCCNC(=O)OC(C)(C)C)cs3)nc2-c2csc(n2)-c2csc(n2)C([C@@H](OC(C)=O)c2ccccc2)NC(=O)CNC(=O)c2nc(sc2COC)NC(=O)C(=C(C)C)/N=C/1C. The Bertz CT molecular complexity index is 3760. The standard InChI is InChI=1S/C57H62N14O11S5/c1-28(2)43-50(78)71-55-70-45(38(87-55)23-80-9)49(77)60-22-42(75)69-46(47(81-30(4)72)31-15-11-10-12-16-31)54-66-37(26-85-54)53-64-35(24-84-53)44-32(51-65-36(25-83-51)48(76)63-34(29(3)61-43)21-41(74)58-8)18-19-33(62-44)52-68-39(27-86-52)67-40(73)17-13-14-20-59-56(79)82-57(5,6)7/h10-12,15-16,18-19,24-27,34,46-47H,13-14,17,20-23H2,1-9H3,(H,58,74)(H,59,79)(H,60,77)(H,63,76)(H,67,73)(H,69,75)(H,70,71,78)/b61-29+/t34-,46?,47-/m0/s1. The van der Waals surface area contributed by atoms with E-state index in [1.54, 1.807) is 106 Å². The van der Waals surface area contributed by atoms with Crippen LogP contribution in [-0.2, 0) is 44.8 Å². The first-order valence-corrected chi connectivity index (χ1v) is 31.3. The monoisotopic (exact) mass is 1280 g/mol. The average molecular weight is 1280 g/mol. The molecule has 456 valence electrons. The third kappa shape index (κ3) is 17.3. The van der Waals surface area contributed by atoms with E-state index in [2.05, 4.69) is 47.2 Å². The lowest BCUT2D eigenvalue weighted by Crippen LogP contribution is -2.43. The van der Waals surface area contributed by atoms with Gasteiger partial charge < -0.3 is 46.1 Å². The molecule has 25 nitrogen and oxygen atoms in total. The Kier molecular flexibility index (Phi) is 21.7. The molecule has 0 saturated carbocycles. The lowest BCUT2D eigenvalue weighted by atomic mass is 10.0. The molecule has 1 aliphatic rings. The number of benzene rings is 1. The van der Waals surface area contributed by atoms with Gasteiger partial charge in [-0.15, -0.1) is 45.3 Å². The second kappa shape index (κ2) is 29.2. The zero-order valence-electron chi connectivity index (χ0n) is 48.7. The van der Waals surface area contributed by atoms with Gasteiger partial charge in [-0.3, -0.25) is 43.9 Å². The molecule has 0 radical (unpaired) electrons. The molecule has 8 bridgehead atoms. The number of pyridine rings is 1. The van der Waals surface area contributed by atoms with Gasteiger partial charge in [0.05, 0.1) is 36.2 Å². The molecule has 3 atom stereocenters. The molecule has 1 unspecified atom stereocenters. The minimum Gasteiger partial charge on any atom is -0.455 e. The van der Waals surface area contributed by atoms with Gasteiger partial charge in [-0.05, 0) is 77.7 Å². The quantitative estimate of drug-likeness (QED) is 0.0304. The molecule has 30 heteroatoms. The van der Waals surface area contributed by atoms with Crippen molar-refractivity contribution in [3.63, 3.8) is 0 Å². The van der Waals surface area contributed by atoms with Crippen LogP contribution in [0.15, 0.2) is 80.2 Å². The van der Waals surface area contributed by atoms with Crippen LogP contribution in [-0.4, -0.2) is 122 Å². The van der Waals surface area contributed by atoms with Crippen LogP contribution < -0.4 is 37.2 Å². The third-order valence-corrected chi connectivity index (χ3v) is 16.9. The maximum Gasteiger partial charge on any atom is 0.407 e. The maximum absolute atomic E-state index is 14.3. The van der Waals surface area contributed by atoms with E-state index < -0.39 is 71.9 Å². The molecule has 1 aromatic carbocycles. The van der Waals surface area contributed by atoms with Crippen molar-refractivity contribution in [1.82, 2.24) is 56.5 Å². The molecule has 7 heterocycles. The number of hydrogen-bond donors (Lipinski definition) is 7. The number of amides is 7. The highest BCUT2D eigenvalue weighted by Crippen LogP contribution is 2.40. The second-order valence-electron chi connectivity index (χ2n) is 20.6. The van der Waals surface area contributed by atoms with Crippen LogP contribution in [0.2, 0.25) is 0 Å². The number of methoxy groups -OCH3 is 1. The van der Waals surface area contributed by atoms with Crippen molar-refractivity contribution >= 4 is 121 Å². The number of ether oxygens (including phenoxy) is 3. The fourth-order valence-electron chi connectivity index (χ4n) is 8.37. The number of carbonyl (C=O) groups excluding carboxylic acids is 8. The highest BCUT2D eigenvalue weighted by molar-refractivity contribution is 7.16. The number of rotatable bonds is 14. The van der Waals surface area contributed by atoms with Gasteiger partial charge in [0.15, 0.2) is 11.2 Å². The van der Waals surface area contributed by atoms with E-state index >= 15 is 0 Å². The number of anilines is 2. The summed E-state index contributed by atoms with van der Waals surface area (Å²) in [5, 5.41) is 27.6. The highest BCUT2D eigenvalue weighted by Gasteiger charge is 2.33. The number of allylic oxidation sites excluding steroid dienone is 1. The first-order chi connectivity index (χ1) is 41.6. The Morgan fingerprint density at radius 1 is 0.747 bits per heavy atom. The fourth-order valence-corrected chi connectivity index (χ4v) is 12.6. The van der Waals surface area contributed by atoms with Gasteiger partial charge in [-0.2, -0.15) is 0 Å². The van der Waals surface area contributed by atoms with E-state index in [-0.39, 0.29) is 53.3 Å². The number of esters is 1. The number of alkyl carbamates (subject to hydrolysis) is 1. The molecule has 6 aromatic heterocycles. The smallest absolute Gasteiger partial charge is 0.407 e. The van der Waals surface area contributed by atoms with Gasteiger partial charge in [-0.25, -0.2) is 34.7 Å². The van der Waals surface area contributed by atoms with E-state index in [1.165, 1.54) is 55.1 Å². The summed E-state index contributed by atoms with van der Waals surface area (Å²) in [6, 6.07) is 10.2. The fraction of sp³-hybridized carbons (Fsp3) is 0.351. The van der Waals surface area contributed by atoms with E-state index in [4.69, 9.17) is 39.1 Å². The van der Waals surface area contributed by atoms with Gasteiger partial charge in [0.1, 0.15) is 71.7 Å². The summed E-state index contributed by atoms with van der Waals surface area (Å²) < 4.78 is 16.6. The molecular weight excluding hydrogens is 1220 g/mol. The molecule has 7 aromatic rings. The molecule has 0 spiro atoms. The van der Waals surface area contributed by atoms with Crippen LogP contribution >= 0.6 is 56.7 Å². The van der Waals surface area contributed by atoms with E-state index in [0.29, 0.717) is 89.6 Å². The zero-order chi connectivity index (χ0) is 62.5. The van der Waals surface area contributed by atoms with Crippen molar-refractivity contribution < 1.29 is 52.6 Å². The normalized spacial score (nSPS) is 16.0. The first-order valence-electron chi connectivity index (χ1n) is 27.0. The highest BCUT2D eigenvalue weighted by atomic mass is 32.1. The number of aliphatic imine (C=N–C) groups is 1. The number of thiazole rings is 5. The summed E-state index contributed by atoms with van der Waals surface area (Å²) >= 11 is 5.80. The Morgan fingerprint density at radius 3 is 2.18 bits per heavy atom. The van der Waals surface area contributed by atoms with Crippen molar-refractivity contribution in [3.8, 4) is 43.4 Å². The van der Waals surface area contributed by atoms with Crippen LogP contribution in [0.4, 0.5) is 15.7 Å². The number of nitrogens with one attached hydrogen (secondary N) is 7. The van der Waals surface area contributed by atoms with Gasteiger partial charge in [0.2, 0.25) is 17.7 Å². The summed E-state index contributed by atoms with van der Waals surface area (Å²) in [5.74, 6) is -3.81. The average Bonchev–Trinajstić information content (AvgIpc) is 2.71. The van der Waals surface area contributed by atoms with Crippen LogP contribution in [0.3, 0.4) is 0 Å². The number of unbranched alkanes of at least 4 members (excludes halogenated alkanes) is 1. The summed E-state index contributed by atoms with van der Waals surface area (Å²) in [6.07, 6.45) is -0.652. The van der Waals surface area contributed by atoms with Crippen molar-refractivity contribution in [2.75, 3.05) is 37.9 Å². The Labute approximate surface area is 519 Å². The van der Waals surface area contributed by atoms with E-state index in [9.17, 15) is 38.4 Å². The minimum atomic E-state index is -1.09. The lowest BCUT2D eigenvalue weighted by molar-refractivity contribution is -0.149. The van der Waals surface area contributed by atoms with E-state index in [1.807, 2.05) is 0 Å². The molecule has 87 heavy (non-hydrogen) atoms. The predicted octanol–water partition coefficient (Wildman–Crippen LogP) is 8.65. The second-order valence-corrected chi connectivity index (χ2v) is 25.1. The molecule has 7 amide bonds. The van der Waals surface area contributed by atoms with Crippen molar-refractivity contribution in [2.24, 2.45) is 4.99 Å². The van der Waals surface area contributed by atoms with Crippen LogP contribution in [0.1, 0.15) is 123 Å². The first kappa shape index (κ1) is 64.4. The van der Waals surface area contributed by atoms with Crippen molar-refractivity contribution in [2.45, 2.75) is 105 Å². The van der Waals surface area contributed by atoms with E-state index in [0.717, 1.165) is 22.7 Å². The molecule has 7 N–H and O–H groups in total. The molecular formula is C57H62N14O11S5. The lowest BCUT2D eigenvalue weighted by Gasteiger charge is -2.26.